The van der Waals surface area contributed by atoms with Crippen molar-refractivity contribution in [3.8, 4) is 0 Å². The van der Waals surface area contributed by atoms with Gasteiger partial charge in [-0.2, -0.15) is 0 Å². The molecule has 1 amide bonds. The van der Waals surface area contributed by atoms with E-state index in [1.54, 1.807) is 36.4 Å². The predicted octanol–water partition coefficient (Wildman–Crippen LogP) is 3.65. The molecule has 3 aromatic rings. The summed E-state index contributed by atoms with van der Waals surface area (Å²) in [6, 6.07) is 13.0. The molecule has 0 aliphatic heterocycles. The maximum absolute atomic E-state index is 13.2. The van der Waals surface area contributed by atoms with E-state index in [-0.39, 0.29) is 11.5 Å². The maximum Gasteiger partial charge on any atom is 0.255 e. The quantitative estimate of drug-likeness (QED) is 0.507. The lowest BCUT2D eigenvalue weighted by Gasteiger charge is -2.08. The number of carbonyl (C=O) groups is 1. The molecule has 3 rings (SSSR count). The van der Waals surface area contributed by atoms with E-state index < -0.39 is 17.5 Å². The van der Waals surface area contributed by atoms with Crippen molar-refractivity contribution in [3.05, 3.63) is 77.4 Å². The zero-order valence-electron chi connectivity index (χ0n) is 12.4. The number of rotatable bonds is 3. The highest BCUT2D eigenvalue weighted by atomic mass is 19.1. The molecule has 4 N–H and O–H groups in total. The average molecular weight is 325 g/mol. The van der Waals surface area contributed by atoms with Gasteiger partial charge in [-0.15, -0.1) is 0 Å². The van der Waals surface area contributed by atoms with Gasteiger partial charge in [-0.25, -0.2) is 8.78 Å². The van der Waals surface area contributed by atoms with E-state index in [1.165, 1.54) is 0 Å². The summed E-state index contributed by atoms with van der Waals surface area (Å²) in [6.07, 6.45) is 0. The topological polar surface area (TPSA) is 79.0 Å². The smallest absolute Gasteiger partial charge is 0.255 e. The van der Waals surface area contributed by atoms with E-state index in [0.29, 0.717) is 11.1 Å². The second-order valence-electron chi connectivity index (χ2n) is 5.30. The minimum atomic E-state index is -0.763. The lowest BCUT2D eigenvalue weighted by molar-refractivity contribution is 0.102. The zero-order chi connectivity index (χ0) is 17.3. The lowest BCUT2D eigenvalue weighted by Crippen LogP contribution is -2.12. The molecule has 24 heavy (non-hydrogen) atoms. The summed E-state index contributed by atoms with van der Waals surface area (Å²) in [6.45, 7) is 0. The van der Waals surface area contributed by atoms with Crippen LogP contribution in [-0.4, -0.2) is 11.7 Å². The molecule has 4 nitrogen and oxygen atoms in total. The Kier molecular flexibility index (Phi) is 3.95. The number of nitrogens with one attached hydrogen (secondary N) is 2. The number of hydrogen-bond donors (Lipinski definition) is 3. The van der Waals surface area contributed by atoms with E-state index in [9.17, 15) is 13.6 Å². The monoisotopic (exact) mass is 325 g/mol. The fourth-order valence-electron chi connectivity index (χ4n) is 2.38. The van der Waals surface area contributed by atoms with Crippen molar-refractivity contribution in [1.82, 2.24) is 0 Å². The summed E-state index contributed by atoms with van der Waals surface area (Å²) in [5, 5.41) is 11.5. The Hall–Kier alpha value is -3.28. The molecule has 0 aliphatic carbocycles. The molecule has 0 fully saturated rings. The van der Waals surface area contributed by atoms with E-state index >= 15 is 0 Å². The number of halogens is 2. The van der Waals surface area contributed by atoms with Crippen LogP contribution in [0.15, 0.2) is 54.6 Å². The van der Waals surface area contributed by atoms with Gasteiger partial charge in [0.1, 0.15) is 17.5 Å². The number of amides is 1. The molecule has 120 valence electrons. The number of anilines is 1. The van der Waals surface area contributed by atoms with Crippen molar-refractivity contribution in [3.63, 3.8) is 0 Å². The van der Waals surface area contributed by atoms with Gasteiger partial charge in [0.05, 0.1) is 0 Å². The van der Waals surface area contributed by atoms with Gasteiger partial charge < -0.3 is 11.1 Å². The van der Waals surface area contributed by atoms with Crippen LogP contribution in [0.2, 0.25) is 0 Å². The Bertz CT molecular complexity index is 949. The molecule has 0 aromatic heterocycles. The number of amidine groups is 1. The summed E-state index contributed by atoms with van der Waals surface area (Å²) in [5.41, 5.74) is 6.44. The molecule has 0 atom stereocenters. The summed E-state index contributed by atoms with van der Waals surface area (Å²) in [5.74, 6) is -2.04. The Morgan fingerprint density at radius 2 is 1.42 bits per heavy atom. The number of nitrogens with two attached hydrogens (primary N) is 1. The molecule has 6 heteroatoms. The molecule has 0 bridgehead atoms. The number of carbonyl (C=O) groups excluding carboxylic acids is 1. The Balaban J connectivity index is 1.89. The van der Waals surface area contributed by atoms with E-state index in [1.807, 2.05) is 0 Å². The predicted molar refractivity (Wildman–Crippen MR) is 89.3 cm³/mol. The standard InChI is InChI=1S/C18H13F2N3O/c19-14-7-15(20)9-16(8-14)23-18(24)13-4-2-10-5-12(17(21)22)3-1-11(10)6-13/h1-9H,(H3,21,22)(H,23,24). The van der Waals surface area contributed by atoms with Gasteiger partial charge in [-0.05, 0) is 41.1 Å². The summed E-state index contributed by atoms with van der Waals surface area (Å²) < 4.78 is 26.3. The second kappa shape index (κ2) is 6.08. The number of benzene rings is 3. The lowest BCUT2D eigenvalue weighted by atomic mass is 10.0. The Morgan fingerprint density at radius 1 is 0.875 bits per heavy atom. The first-order chi connectivity index (χ1) is 11.4. The molecular weight excluding hydrogens is 312 g/mol. The molecule has 0 saturated carbocycles. The first-order valence-electron chi connectivity index (χ1n) is 7.08. The molecule has 0 aliphatic rings. The minimum Gasteiger partial charge on any atom is -0.384 e. The van der Waals surface area contributed by atoms with E-state index in [2.05, 4.69) is 5.32 Å². The van der Waals surface area contributed by atoms with Crippen LogP contribution < -0.4 is 11.1 Å². The third-order valence-corrected chi connectivity index (χ3v) is 3.53. The van der Waals surface area contributed by atoms with Crippen molar-refractivity contribution in [1.29, 1.82) is 5.41 Å². The Labute approximate surface area is 136 Å². The van der Waals surface area contributed by atoms with Crippen molar-refractivity contribution < 1.29 is 13.6 Å². The van der Waals surface area contributed by atoms with Gasteiger partial charge in [-0.3, -0.25) is 10.2 Å². The third kappa shape index (κ3) is 3.22. The van der Waals surface area contributed by atoms with Crippen LogP contribution in [0, 0.1) is 17.0 Å². The molecule has 0 unspecified atom stereocenters. The van der Waals surface area contributed by atoms with Crippen molar-refractivity contribution in [2.24, 2.45) is 5.73 Å². The van der Waals surface area contributed by atoms with E-state index in [4.69, 9.17) is 11.1 Å². The van der Waals surface area contributed by atoms with Gasteiger partial charge in [0.2, 0.25) is 0 Å². The van der Waals surface area contributed by atoms with Crippen molar-refractivity contribution in [2.75, 3.05) is 5.32 Å². The molecule has 3 aromatic carbocycles. The van der Waals surface area contributed by atoms with Gasteiger partial charge in [-0.1, -0.05) is 18.2 Å². The fourth-order valence-corrected chi connectivity index (χ4v) is 2.38. The minimum absolute atomic E-state index is 0.0353. The highest BCUT2D eigenvalue weighted by molar-refractivity contribution is 6.07. The van der Waals surface area contributed by atoms with Crippen LogP contribution in [0.1, 0.15) is 15.9 Å². The van der Waals surface area contributed by atoms with Gasteiger partial charge >= 0.3 is 0 Å². The van der Waals surface area contributed by atoms with Crippen LogP contribution in [-0.2, 0) is 0 Å². The molecule has 0 radical (unpaired) electrons. The average Bonchev–Trinajstić information content (AvgIpc) is 2.52. The van der Waals surface area contributed by atoms with Crippen LogP contribution in [0.3, 0.4) is 0 Å². The number of fused-ring (bicyclic) bond motifs is 1. The van der Waals surface area contributed by atoms with Crippen LogP contribution in [0.25, 0.3) is 10.8 Å². The highest BCUT2D eigenvalue weighted by Gasteiger charge is 2.09. The van der Waals surface area contributed by atoms with Crippen molar-refractivity contribution in [2.45, 2.75) is 0 Å². The largest absolute Gasteiger partial charge is 0.384 e. The second-order valence-corrected chi connectivity index (χ2v) is 5.30. The molecule has 0 heterocycles. The Morgan fingerprint density at radius 3 is 2.00 bits per heavy atom. The normalized spacial score (nSPS) is 10.6. The summed E-state index contributed by atoms with van der Waals surface area (Å²) in [4.78, 5) is 12.2. The number of nitrogen functional groups attached to an aromatic ring is 1. The fraction of sp³-hybridized carbons (Fsp3) is 0. The van der Waals surface area contributed by atoms with Gasteiger partial charge in [0.15, 0.2) is 0 Å². The van der Waals surface area contributed by atoms with Gasteiger partial charge in [0.25, 0.3) is 5.91 Å². The molecule has 0 spiro atoms. The highest BCUT2D eigenvalue weighted by Crippen LogP contribution is 2.19. The van der Waals surface area contributed by atoms with E-state index in [0.717, 1.165) is 29.0 Å². The zero-order valence-corrected chi connectivity index (χ0v) is 12.4. The molecular formula is C18H13F2N3O. The van der Waals surface area contributed by atoms with Crippen LogP contribution in [0.5, 0.6) is 0 Å². The first kappa shape index (κ1) is 15.6. The summed E-state index contributed by atoms with van der Waals surface area (Å²) in [7, 11) is 0. The number of hydrogen-bond acceptors (Lipinski definition) is 2. The van der Waals surface area contributed by atoms with Crippen LogP contribution >= 0.6 is 0 Å². The van der Waals surface area contributed by atoms with Gasteiger partial charge in [0, 0.05) is 22.9 Å². The maximum atomic E-state index is 13.2. The molecule has 0 saturated heterocycles. The summed E-state index contributed by atoms with van der Waals surface area (Å²) >= 11 is 0. The SMILES string of the molecule is N=C(N)c1ccc2cc(C(=O)Nc3cc(F)cc(F)c3)ccc2c1. The first-order valence-corrected chi connectivity index (χ1v) is 7.08. The van der Waals surface area contributed by atoms with Crippen LogP contribution in [0.4, 0.5) is 14.5 Å². The third-order valence-electron chi connectivity index (χ3n) is 3.53. The van der Waals surface area contributed by atoms with Crippen molar-refractivity contribution >= 4 is 28.2 Å².